The van der Waals surface area contributed by atoms with Crippen LogP contribution >= 0.6 is 27.5 Å². The number of hydrogen-bond donors (Lipinski definition) is 1. The van der Waals surface area contributed by atoms with E-state index in [0.717, 1.165) is 21.4 Å². The van der Waals surface area contributed by atoms with Crippen LogP contribution in [-0.2, 0) is 6.54 Å². The molecular formula is C15H17BrClN3O. The van der Waals surface area contributed by atoms with Gasteiger partial charge in [0.15, 0.2) is 0 Å². The van der Waals surface area contributed by atoms with Crippen LogP contribution in [0.3, 0.4) is 0 Å². The molecule has 2 rings (SSSR count). The van der Waals surface area contributed by atoms with E-state index < -0.39 is 0 Å². The Labute approximate surface area is 138 Å². The fourth-order valence-corrected chi connectivity index (χ4v) is 2.51. The molecule has 0 bridgehead atoms. The van der Waals surface area contributed by atoms with Crippen molar-refractivity contribution in [3.05, 3.63) is 45.5 Å². The molecule has 1 heterocycles. The van der Waals surface area contributed by atoms with Crippen LogP contribution in [0, 0.1) is 0 Å². The number of ether oxygens (including phenoxy) is 1. The smallest absolute Gasteiger partial charge is 0.239 e. The van der Waals surface area contributed by atoms with Crippen molar-refractivity contribution in [1.29, 1.82) is 0 Å². The highest BCUT2D eigenvalue weighted by Crippen LogP contribution is 2.32. The van der Waals surface area contributed by atoms with Gasteiger partial charge in [-0.25, -0.2) is 4.98 Å². The minimum Gasteiger partial charge on any atom is -0.479 e. The van der Waals surface area contributed by atoms with E-state index in [4.69, 9.17) is 16.3 Å². The maximum absolute atomic E-state index is 6.01. The lowest BCUT2D eigenvalue weighted by atomic mass is 10.2. The van der Waals surface area contributed by atoms with Crippen molar-refractivity contribution < 1.29 is 4.74 Å². The van der Waals surface area contributed by atoms with Gasteiger partial charge in [0.2, 0.25) is 5.88 Å². The molecule has 0 fully saturated rings. The predicted molar refractivity (Wildman–Crippen MR) is 91.6 cm³/mol. The second kappa shape index (κ2) is 7.00. The molecule has 0 amide bonds. The van der Waals surface area contributed by atoms with Gasteiger partial charge in [0.1, 0.15) is 5.69 Å². The normalized spacial score (nSPS) is 10.3. The predicted octanol–water partition coefficient (Wildman–Crippen LogP) is 4.18. The molecule has 1 aromatic heterocycles. The number of aromatic nitrogens is 1. The number of anilines is 2. The summed E-state index contributed by atoms with van der Waals surface area (Å²) in [5.41, 5.74) is 3.01. The molecule has 1 aromatic carbocycles. The van der Waals surface area contributed by atoms with Gasteiger partial charge in [-0.1, -0.05) is 17.7 Å². The van der Waals surface area contributed by atoms with E-state index in [2.05, 4.69) is 26.2 Å². The SMILES string of the molecule is COc1nccc(N(C)C)c1NCc1ccc(Cl)c(Br)c1. The van der Waals surface area contributed by atoms with Crippen LogP contribution in [-0.4, -0.2) is 26.2 Å². The van der Waals surface area contributed by atoms with Gasteiger partial charge in [-0.2, -0.15) is 0 Å². The van der Waals surface area contributed by atoms with Crippen LogP contribution in [0.15, 0.2) is 34.9 Å². The summed E-state index contributed by atoms with van der Waals surface area (Å²) in [4.78, 5) is 6.26. The fraction of sp³-hybridized carbons (Fsp3) is 0.267. The molecule has 0 saturated carbocycles. The molecule has 0 saturated heterocycles. The number of hydrogen-bond acceptors (Lipinski definition) is 4. The van der Waals surface area contributed by atoms with E-state index in [1.54, 1.807) is 13.3 Å². The van der Waals surface area contributed by atoms with E-state index in [-0.39, 0.29) is 0 Å². The third kappa shape index (κ3) is 3.80. The summed E-state index contributed by atoms with van der Waals surface area (Å²) in [6.07, 6.45) is 1.73. The lowest BCUT2D eigenvalue weighted by Crippen LogP contribution is -2.13. The zero-order chi connectivity index (χ0) is 15.4. The molecule has 2 aromatic rings. The second-order valence-electron chi connectivity index (χ2n) is 4.71. The Bertz CT molecular complexity index is 634. The molecule has 0 radical (unpaired) electrons. The van der Waals surface area contributed by atoms with E-state index in [9.17, 15) is 0 Å². The lowest BCUT2D eigenvalue weighted by Gasteiger charge is -2.20. The quantitative estimate of drug-likeness (QED) is 0.856. The van der Waals surface area contributed by atoms with Gasteiger partial charge in [0, 0.05) is 31.3 Å². The minimum atomic E-state index is 0.578. The van der Waals surface area contributed by atoms with Crippen LogP contribution in [0.5, 0.6) is 5.88 Å². The molecule has 6 heteroatoms. The molecule has 1 N–H and O–H groups in total. The first-order chi connectivity index (χ1) is 10.0. The van der Waals surface area contributed by atoms with Gasteiger partial charge < -0.3 is 15.0 Å². The van der Waals surface area contributed by atoms with Gasteiger partial charge in [-0.05, 0) is 39.7 Å². The summed E-state index contributed by atoms with van der Waals surface area (Å²) < 4.78 is 6.22. The minimum absolute atomic E-state index is 0.578. The first-order valence-corrected chi connectivity index (χ1v) is 7.58. The third-order valence-corrected chi connectivity index (χ3v) is 4.24. The largest absolute Gasteiger partial charge is 0.479 e. The van der Waals surface area contributed by atoms with Crippen molar-refractivity contribution in [1.82, 2.24) is 4.98 Å². The third-order valence-electron chi connectivity index (χ3n) is 3.02. The van der Waals surface area contributed by atoms with Gasteiger partial charge in [0.25, 0.3) is 0 Å². The standard InChI is InChI=1S/C15H17BrClN3O/c1-20(2)13-6-7-18-15(21-3)14(13)19-9-10-4-5-12(17)11(16)8-10/h4-8,19H,9H2,1-3H3. The Morgan fingerprint density at radius 3 is 2.71 bits per heavy atom. The van der Waals surface area contributed by atoms with E-state index in [1.807, 2.05) is 43.3 Å². The maximum atomic E-state index is 6.01. The van der Waals surface area contributed by atoms with Crippen molar-refractivity contribution in [2.75, 3.05) is 31.4 Å². The molecule has 0 aliphatic heterocycles. The number of pyridine rings is 1. The zero-order valence-corrected chi connectivity index (χ0v) is 14.5. The Morgan fingerprint density at radius 1 is 1.33 bits per heavy atom. The first-order valence-electron chi connectivity index (χ1n) is 6.41. The Balaban J connectivity index is 2.24. The van der Waals surface area contributed by atoms with Crippen LogP contribution < -0.4 is 15.0 Å². The summed E-state index contributed by atoms with van der Waals surface area (Å²) >= 11 is 9.44. The van der Waals surface area contributed by atoms with E-state index >= 15 is 0 Å². The molecule has 0 aliphatic rings. The number of benzene rings is 1. The fourth-order valence-electron chi connectivity index (χ4n) is 1.97. The van der Waals surface area contributed by atoms with Crippen molar-refractivity contribution in [2.24, 2.45) is 0 Å². The van der Waals surface area contributed by atoms with E-state index in [1.165, 1.54) is 0 Å². The van der Waals surface area contributed by atoms with Crippen molar-refractivity contribution in [3.8, 4) is 5.88 Å². The van der Waals surface area contributed by atoms with Crippen molar-refractivity contribution in [2.45, 2.75) is 6.54 Å². The van der Waals surface area contributed by atoms with Gasteiger partial charge in [-0.3, -0.25) is 0 Å². The highest BCUT2D eigenvalue weighted by atomic mass is 79.9. The Hall–Kier alpha value is -1.46. The summed E-state index contributed by atoms with van der Waals surface area (Å²) in [5.74, 6) is 0.578. The van der Waals surface area contributed by atoms with Crippen molar-refractivity contribution in [3.63, 3.8) is 0 Å². The number of nitrogens with zero attached hydrogens (tertiary/aromatic N) is 2. The molecular weight excluding hydrogens is 354 g/mol. The van der Waals surface area contributed by atoms with Crippen molar-refractivity contribution >= 4 is 38.9 Å². The van der Waals surface area contributed by atoms with Crippen LogP contribution in [0.1, 0.15) is 5.56 Å². The van der Waals surface area contributed by atoms with Gasteiger partial charge in [-0.15, -0.1) is 0 Å². The first kappa shape index (κ1) is 15.9. The van der Waals surface area contributed by atoms with Gasteiger partial charge >= 0.3 is 0 Å². The van der Waals surface area contributed by atoms with Crippen LogP contribution in [0.2, 0.25) is 5.02 Å². The number of halogens is 2. The molecule has 4 nitrogen and oxygen atoms in total. The topological polar surface area (TPSA) is 37.4 Å². The van der Waals surface area contributed by atoms with E-state index in [0.29, 0.717) is 17.4 Å². The van der Waals surface area contributed by atoms with Crippen LogP contribution in [0.4, 0.5) is 11.4 Å². The second-order valence-corrected chi connectivity index (χ2v) is 5.97. The zero-order valence-electron chi connectivity index (χ0n) is 12.2. The summed E-state index contributed by atoms with van der Waals surface area (Å²) in [5, 5.41) is 4.08. The highest BCUT2D eigenvalue weighted by molar-refractivity contribution is 9.10. The monoisotopic (exact) mass is 369 g/mol. The Morgan fingerprint density at radius 2 is 2.10 bits per heavy atom. The van der Waals surface area contributed by atoms with Crippen LogP contribution in [0.25, 0.3) is 0 Å². The summed E-state index contributed by atoms with van der Waals surface area (Å²) in [6.45, 7) is 0.651. The molecule has 0 unspecified atom stereocenters. The number of rotatable bonds is 5. The van der Waals surface area contributed by atoms with Gasteiger partial charge in [0.05, 0.1) is 17.8 Å². The Kier molecular flexibility index (Phi) is 5.31. The molecule has 21 heavy (non-hydrogen) atoms. The molecule has 112 valence electrons. The number of nitrogens with one attached hydrogen (secondary N) is 1. The summed E-state index contributed by atoms with van der Waals surface area (Å²) in [7, 11) is 5.59. The maximum Gasteiger partial charge on any atom is 0.239 e. The summed E-state index contributed by atoms with van der Waals surface area (Å²) in [6, 6.07) is 7.80. The highest BCUT2D eigenvalue weighted by Gasteiger charge is 2.12. The average Bonchev–Trinajstić information content (AvgIpc) is 2.48. The molecule has 0 spiro atoms. The molecule has 0 aliphatic carbocycles. The average molecular weight is 371 g/mol. The number of methoxy groups -OCH3 is 1. The molecule has 0 atom stereocenters. The lowest BCUT2D eigenvalue weighted by molar-refractivity contribution is 0.400.